The predicted molar refractivity (Wildman–Crippen MR) is 113 cm³/mol. The summed E-state index contributed by atoms with van der Waals surface area (Å²) in [7, 11) is 0. The maximum absolute atomic E-state index is 12.4. The lowest BCUT2D eigenvalue weighted by Crippen LogP contribution is -2.52. The third kappa shape index (κ3) is 4.23. The summed E-state index contributed by atoms with van der Waals surface area (Å²) in [5.74, 6) is -0.243. The number of nitrogens with zero attached hydrogens (tertiary/aromatic N) is 3. The molecule has 1 aliphatic rings. The first kappa shape index (κ1) is 20.0. The highest BCUT2D eigenvalue weighted by atomic mass is 35.5. The Labute approximate surface area is 173 Å². The first-order chi connectivity index (χ1) is 13.4. The van der Waals surface area contributed by atoms with Crippen molar-refractivity contribution in [3.8, 4) is 0 Å². The molecular formula is C19H19ClN4O3S. The average Bonchev–Trinajstić information content (AvgIpc) is 2.68. The van der Waals surface area contributed by atoms with E-state index in [9.17, 15) is 14.9 Å². The number of nitro benzene ring substituents is 1. The van der Waals surface area contributed by atoms with Gasteiger partial charge in [-0.3, -0.25) is 20.2 Å². The highest BCUT2D eigenvalue weighted by Crippen LogP contribution is 2.35. The number of thiocarbonyl (C=S) groups is 1. The zero-order valence-electron chi connectivity index (χ0n) is 15.2. The van der Waals surface area contributed by atoms with E-state index in [4.69, 9.17) is 23.8 Å². The van der Waals surface area contributed by atoms with Crippen LogP contribution in [0.5, 0.6) is 0 Å². The van der Waals surface area contributed by atoms with E-state index in [1.54, 1.807) is 24.3 Å². The molecule has 0 aromatic heterocycles. The first-order valence-electron chi connectivity index (χ1n) is 8.72. The van der Waals surface area contributed by atoms with Crippen LogP contribution in [0, 0.1) is 17.0 Å². The zero-order chi connectivity index (χ0) is 20.3. The van der Waals surface area contributed by atoms with E-state index in [0.717, 1.165) is 5.56 Å². The number of anilines is 1. The van der Waals surface area contributed by atoms with Crippen LogP contribution in [0.3, 0.4) is 0 Å². The molecule has 2 aromatic rings. The molecule has 3 rings (SSSR count). The van der Waals surface area contributed by atoms with Gasteiger partial charge in [-0.2, -0.15) is 0 Å². The quantitative estimate of drug-likeness (QED) is 0.467. The maximum atomic E-state index is 12.4. The van der Waals surface area contributed by atoms with Gasteiger partial charge >= 0.3 is 0 Å². The van der Waals surface area contributed by atoms with Crippen LogP contribution in [-0.2, 0) is 0 Å². The van der Waals surface area contributed by atoms with Gasteiger partial charge in [-0.15, -0.1) is 0 Å². The number of rotatable bonds is 3. The van der Waals surface area contributed by atoms with Gasteiger partial charge in [0.15, 0.2) is 5.11 Å². The SMILES string of the molecule is Cc1ccccc1C(=O)NC(=S)N1CCN(c2c(Cl)cccc2[N+](=O)[O-])CC1. The molecular weight excluding hydrogens is 400 g/mol. The standard InChI is InChI=1S/C19H19ClN4O3S/c1-13-5-2-3-6-14(13)18(25)21-19(28)23-11-9-22(10-12-23)17-15(20)7-4-8-16(17)24(26)27/h2-8H,9-12H2,1H3,(H,21,25,28). The van der Waals surface area contributed by atoms with Gasteiger partial charge in [0.2, 0.25) is 0 Å². The first-order valence-corrected chi connectivity index (χ1v) is 9.51. The molecule has 1 saturated heterocycles. The molecule has 0 saturated carbocycles. The van der Waals surface area contributed by atoms with E-state index in [1.807, 2.05) is 28.9 Å². The molecule has 0 aliphatic carbocycles. The van der Waals surface area contributed by atoms with Crippen LogP contribution in [0.25, 0.3) is 0 Å². The summed E-state index contributed by atoms with van der Waals surface area (Å²) in [5, 5.41) is 14.8. The molecule has 1 amide bonds. The van der Waals surface area contributed by atoms with Crippen LogP contribution >= 0.6 is 23.8 Å². The van der Waals surface area contributed by atoms with Crippen molar-refractivity contribution in [1.82, 2.24) is 10.2 Å². The average molecular weight is 419 g/mol. The highest BCUT2D eigenvalue weighted by Gasteiger charge is 2.27. The molecule has 146 valence electrons. The second kappa shape index (κ2) is 8.53. The Morgan fingerprint density at radius 3 is 2.46 bits per heavy atom. The van der Waals surface area contributed by atoms with Crippen molar-refractivity contribution in [2.45, 2.75) is 6.92 Å². The number of piperazine rings is 1. The predicted octanol–water partition coefficient (Wildman–Crippen LogP) is 3.39. The summed E-state index contributed by atoms with van der Waals surface area (Å²) in [6.07, 6.45) is 0. The van der Waals surface area contributed by atoms with Gasteiger partial charge in [0.05, 0.1) is 9.95 Å². The Bertz CT molecular complexity index is 929. The van der Waals surface area contributed by atoms with Crippen molar-refractivity contribution in [3.05, 3.63) is 68.7 Å². The van der Waals surface area contributed by atoms with Crippen molar-refractivity contribution >= 4 is 46.2 Å². The monoisotopic (exact) mass is 418 g/mol. The van der Waals surface area contributed by atoms with E-state index in [2.05, 4.69) is 5.32 Å². The van der Waals surface area contributed by atoms with Gasteiger partial charge < -0.3 is 9.80 Å². The van der Waals surface area contributed by atoms with Gasteiger partial charge in [-0.1, -0.05) is 35.9 Å². The minimum Gasteiger partial charge on any atom is -0.361 e. The van der Waals surface area contributed by atoms with Gasteiger partial charge in [0, 0.05) is 37.8 Å². The third-order valence-electron chi connectivity index (χ3n) is 4.66. The molecule has 0 radical (unpaired) electrons. The second-order valence-corrected chi connectivity index (χ2v) is 7.21. The maximum Gasteiger partial charge on any atom is 0.294 e. The van der Waals surface area contributed by atoms with Crippen molar-refractivity contribution in [1.29, 1.82) is 0 Å². The van der Waals surface area contributed by atoms with Crippen LogP contribution in [0.1, 0.15) is 15.9 Å². The smallest absolute Gasteiger partial charge is 0.294 e. The minimum absolute atomic E-state index is 0.0172. The summed E-state index contributed by atoms with van der Waals surface area (Å²) in [5.41, 5.74) is 1.86. The number of hydrogen-bond acceptors (Lipinski definition) is 5. The van der Waals surface area contributed by atoms with E-state index in [-0.39, 0.29) is 11.6 Å². The van der Waals surface area contributed by atoms with E-state index < -0.39 is 4.92 Å². The lowest BCUT2D eigenvalue weighted by Gasteiger charge is -2.37. The Hall–Kier alpha value is -2.71. The highest BCUT2D eigenvalue weighted by molar-refractivity contribution is 7.80. The number of amides is 1. The van der Waals surface area contributed by atoms with Crippen LogP contribution < -0.4 is 10.2 Å². The van der Waals surface area contributed by atoms with E-state index in [0.29, 0.717) is 47.6 Å². The summed E-state index contributed by atoms with van der Waals surface area (Å²) in [6, 6.07) is 12.0. The second-order valence-electron chi connectivity index (χ2n) is 6.41. The van der Waals surface area contributed by atoms with Crippen LogP contribution in [0.2, 0.25) is 5.02 Å². The number of nitro groups is 1. The van der Waals surface area contributed by atoms with Crippen molar-refractivity contribution in [2.24, 2.45) is 0 Å². The third-order valence-corrected chi connectivity index (χ3v) is 5.32. The lowest BCUT2D eigenvalue weighted by molar-refractivity contribution is -0.384. The van der Waals surface area contributed by atoms with Crippen molar-refractivity contribution in [2.75, 3.05) is 31.1 Å². The molecule has 0 spiro atoms. The number of carbonyl (C=O) groups excluding carboxylic acids is 1. The molecule has 1 heterocycles. The molecule has 0 unspecified atom stereocenters. The number of benzene rings is 2. The molecule has 1 fully saturated rings. The number of halogens is 1. The van der Waals surface area contributed by atoms with E-state index in [1.165, 1.54) is 6.07 Å². The molecule has 9 heteroatoms. The number of carbonyl (C=O) groups is 1. The number of hydrogen-bond donors (Lipinski definition) is 1. The molecule has 0 bridgehead atoms. The van der Waals surface area contributed by atoms with E-state index >= 15 is 0 Å². The summed E-state index contributed by atoms with van der Waals surface area (Å²) in [4.78, 5) is 27.1. The van der Waals surface area contributed by atoms with Crippen LogP contribution in [0.4, 0.5) is 11.4 Å². The van der Waals surface area contributed by atoms with Gasteiger partial charge in [0.1, 0.15) is 5.69 Å². The number of para-hydroxylation sites is 1. The van der Waals surface area contributed by atoms with Gasteiger partial charge in [-0.25, -0.2) is 0 Å². The van der Waals surface area contributed by atoms with Crippen molar-refractivity contribution in [3.63, 3.8) is 0 Å². The van der Waals surface area contributed by atoms with Crippen LogP contribution in [0.15, 0.2) is 42.5 Å². The minimum atomic E-state index is -0.430. The summed E-state index contributed by atoms with van der Waals surface area (Å²) in [6.45, 7) is 3.92. The molecule has 0 atom stereocenters. The number of aryl methyl sites for hydroxylation is 1. The Kier molecular flexibility index (Phi) is 6.11. The Balaban J connectivity index is 1.65. The fourth-order valence-corrected chi connectivity index (χ4v) is 3.73. The Morgan fingerprint density at radius 1 is 1.14 bits per heavy atom. The fourth-order valence-electron chi connectivity index (χ4n) is 3.17. The fraction of sp³-hybridized carbons (Fsp3) is 0.263. The lowest BCUT2D eigenvalue weighted by atomic mass is 10.1. The van der Waals surface area contributed by atoms with Crippen molar-refractivity contribution < 1.29 is 9.72 Å². The molecule has 2 aromatic carbocycles. The molecule has 1 N–H and O–H groups in total. The molecule has 7 nitrogen and oxygen atoms in total. The van der Waals surface area contributed by atoms with Gasteiger partial charge in [-0.05, 0) is 36.8 Å². The topological polar surface area (TPSA) is 78.7 Å². The Morgan fingerprint density at radius 2 is 1.82 bits per heavy atom. The molecule has 28 heavy (non-hydrogen) atoms. The summed E-state index contributed by atoms with van der Waals surface area (Å²) >= 11 is 11.6. The molecule has 1 aliphatic heterocycles. The normalized spacial score (nSPS) is 13.9. The van der Waals surface area contributed by atoms with Crippen LogP contribution in [-0.4, -0.2) is 47.0 Å². The largest absolute Gasteiger partial charge is 0.361 e. The van der Waals surface area contributed by atoms with Gasteiger partial charge in [0.25, 0.3) is 11.6 Å². The number of nitrogens with one attached hydrogen (secondary N) is 1. The zero-order valence-corrected chi connectivity index (χ0v) is 16.8. The summed E-state index contributed by atoms with van der Waals surface area (Å²) < 4.78 is 0.